The van der Waals surface area contributed by atoms with Gasteiger partial charge in [-0.05, 0) is 56.5 Å². The monoisotopic (exact) mass is 361 g/mol. The Morgan fingerprint density at radius 2 is 1.93 bits per heavy atom. The van der Waals surface area contributed by atoms with E-state index in [1.54, 1.807) is 6.92 Å². The maximum atomic E-state index is 5.20. The smallest absolute Gasteiger partial charge is 0.257 e. The lowest BCUT2D eigenvalue weighted by atomic mass is 9.93. The summed E-state index contributed by atoms with van der Waals surface area (Å²) in [4.78, 5) is 16.7. The fourth-order valence-corrected chi connectivity index (χ4v) is 3.09. The molecule has 0 saturated heterocycles. The summed E-state index contributed by atoms with van der Waals surface area (Å²) in [5.74, 6) is 2.54. The van der Waals surface area contributed by atoms with Crippen molar-refractivity contribution >= 4 is 28.5 Å². The fourth-order valence-electron chi connectivity index (χ4n) is 3.09. The zero-order chi connectivity index (χ0) is 18.2. The van der Waals surface area contributed by atoms with Crippen molar-refractivity contribution in [1.82, 2.24) is 25.1 Å². The minimum Gasteiger partial charge on any atom is -0.367 e. The maximum Gasteiger partial charge on any atom is 0.257 e. The van der Waals surface area contributed by atoms with Gasteiger partial charge >= 0.3 is 0 Å². The van der Waals surface area contributed by atoms with E-state index in [9.17, 15) is 0 Å². The number of aromatic amines is 1. The predicted octanol–water partition coefficient (Wildman–Crippen LogP) is 4.02. The van der Waals surface area contributed by atoms with Gasteiger partial charge in [0.05, 0.1) is 5.39 Å². The molecule has 8 heteroatoms. The number of hydrogen-bond donors (Lipinski definition) is 3. The minimum atomic E-state index is 0.503. The molecule has 1 aromatic carbocycles. The lowest BCUT2D eigenvalue weighted by Gasteiger charge is -2.27. The summed E-state index contributed by atoms with van der Waals surface area (Å²) >= 11 is 0. The number of aromatic nitrogens is 5. The van der Waals surface area contributed by atoms with Crippen LogP contribution in [0.2, 0.25) is 0 Å². The van der Waals surface area contributed by atoms with Gasteiger partial charge in [-0.25, -0.2) is 0 Å². The predicted molar refractivity (Wildman–Crippen MR) is 103 cm³/mol. The maximum absolute atomic E-state index is 5.20. The van der Waals surface area contributed by atoms with Crippen molar-refractivity contribution in [2.24, 2.45) is 0 Å². The van der Waals surface area contributed by atoms with Crippen LogP contribution in [-0.2, 0) is 0 Å². The highest BCUT2D eigenvalue weighted by atomic mass is 16.5. The number of anilines is 3. The summed E-state index contributed by atoms with van der Waals surface area (Å²) in [6, 6.07) is 10.2. The molecule has 3 N–H and O–H groups in total. The van der Waals surface area contributed by atoms with E-state index < -0.39 is 0 Å². The molecule has 0 radical (unpaired) electrons. The number of nitrogens with zero attached hydrogens (tertiary/aromatic N) is 4. The molecular formula is C19H19N7O. The van der Waals surface area contributed by atoms with E-state index in [4.69, 9.17) is 4.52 Å². The molecular weight excluding hydrogens is 342 g/mol. The highest BCUT2D eigenvalue weighted by molar-refractivity contribution is 5.88. The van der Waals surface area contributed by atoms with Gasteiger partial charge in [0.2, 0.25) is 5.95 Å². The summed E-state index contributed by atoms with van der Waals surface area (Å²) in [7, 11) is 0. The molecule has 3 heterocycles. The van der Waals surface area contributed by atoms with Crippen LogP contribution in [0.25, 0.3) is 22.5 Å². The lowest BCUT2D eigenvalue weighted by molar-refractivity contribution is 0.425. The highest BCUT2D eigenvalue weighted by Gasteiger charge is 2.19. The summed E-state index contributed by atoms with van der Waals surface area (Å²) in [6.07, 6.45) is 5.54. The average Bonchev–Trinajstić information content (AvgIpc) is 3.27. The van der Waals surface area contributed by atoms with Crippen molar-refractivity contribution in [3.05, 3.63) is 42.4 Å². The molecule has 27 heavy (non-hydrogen) atoms. The largest absolute Gasteiger partial charge is 0.367 e. The van der Waals surface area contributed by atoms with Crippen LogP contribution in [0.1, 0.15) is 25.1 Å². The van der Waals surface area contributed by atoms with E-state index in [0.717, 1.165) is 28.1 Å². The van der Waals surface area contributed by atoms with Crippen LogP contribution in [0, 0.1) is 6.92 Å². The van der Waals surface area contributed by atoms with Gasteiger partial charge in [0.15, 0.2) is 5.82 Å². The van der Waals surface area contributed by atoms with Crippen LogP contribution in [0.3, 0.4) is 0 Å². The first-order valence-electron chi connectivity index (χ1n) is 9.04. The molecule has 0 atom stereocenters. The molecule has 4 aromatic rings. The fraction of sp³-hybridized carbons (Fsp3) is 0.263. The molecule has 8 nitrogen and oxygen atoms in total. The second-order valence-electron chi connectivity index (χ2n) is 6.76. The zero-order valence-electron chi connectivity index (χ0n) is 14.9. The van der Waals surface area contributed by atoms with E-state index in [1.165, 1.54) is 19.3 Å². The van der Waals surface area contributed by atoms with Gasteiger partial charge in [0, 0.05) is 23.5 Å². The Bertz CT molecular complexity index is 1080. The molecule has 1 fully saturated rings. The van der Waals surface area contributed by atoms with Crippen molar-refractivity contribution in [3.8, 4) is 11.5 Å². The Kier molecular flexibility index (Phi) is 3.74. The molecule has 1 aliphatic carbocycles. The van der Waals surface area contributed by atoms with E-state index in [-0.39, 0.29) is 0 Å². The first-order chi connectivity index (χ1) is 13.2. The molecule has 3 aromatic heterocycles. The number of rotatable bonds is 5. The third kappa shape index (κ3) is 3.10. The lowest BCUT2D eigenvalue weighted by Crippen LogP contribution is -2.27. The summed E-state index contributed by atoms with van der Waals surface area (Å²) in [6.45, 7) is 1.80. The van der Waals surface area contributed by atoms with E-state index in [0.29, 0.717) is 23.7 Å². The number of nitrogens with one attached hydrogen (secondary N) is 3. The van der Waals surface area contributed by atoms with Crippen LogP contribution < -0.4 is 10.6 Å². The molecule has 0 aliphatic heterocycles. The normalized spacial score (nSPS) is 14.3. The first-order valence-corrected chi connectivity index (χ1v) is 9.04. The van der Waals surface area contributed by atoms with Gasteiger partial charge < -0.3 is 20.1 Å². The Morgan fingerprint density at radius 3 is 2.63 bits per heavy atom. The van der Waals surface area contributed by atoms with Gasteiger partial charge in [-0.3, -0.25) is 0 Å². The Hall–Kier alpha value is -3.42. The molecule has 5 rings (SSSR count). The van der Waals surface area contributed by atoms with Crippen molar-refractivity contribution < 1.29 is 4.52 Å². The zero-order valence-corrected chi connectivity index (χ0v) is 14.9. The standard InChI is InChI=1S/C19H19N7O/c1-11-21-18(27-26-11)12-5-7-14(8-6-12)23-19-24-16-15(9-10-20-16)17(25-19)22-13-3-2-4-13/h5-10,13H,2-4H2,1H3,(H3,20,22,23,24,25). The number of H-pyrrole nitrogens is 1. The summed E-state index contributed by atoms with van der Waals surface area (Å²) < 4.78 is 5.20. The molecule has 0 bridgehead atoms. The van der Waals surface area contributed by atoms with Gasteiger partial charge in [-0.2, -0.15) is 15.0 Å². The van der Waals surface area contributed by atoms with Gasteiger partial charge in [-0.1, -0.05) is 5.16 Å². The Balaban J connectivity index is 1.40. The number of fused-ring (bicyclic) bond motifs is 1. The van der Waals surface area contributed by atoms with E-state index >= 15 is 0 Å². The van der Waals surface area contributed by atoms with Crippen LogP contribution in [-0.4, -0.2) is 31.1 Å². The second kappa shape index (κ2) is 6.39. The second-order valence-corrected chi connectivity index (χ2v) is 6.76. The SMILES string of the molecule is Cc1noc(-c2ccc(Nc3nc(NC4CCC4)c4cc[nH]c4n3)cc2)n1. The first kappa shape index (κ1) is 15.8. The molecule has 0 unspecified atom stereocenters. The van der Waals surface area contributed by atoms with E-state index in [1.807, 2.05) is 36.5 Å². The molecule has 0 amide bonds. The van der Waals surface area contributed by atoms with Gasteiger partial charge in [-0.15, -0.1) is 0 Å². The third-order valence-electron chi connectivity index (χ3n) is 4.78. The molecule has 1 aliphatic rings. The highest BCUT2D eigenvalue weighted by Crippen LogP contribution is 2.28. The van der Waals surface area contributed by atoms with Gasteiger partial charge in [0.25, 0.3) is 5.89 Å². The molecule has 0 spiro atoms. The van der Waals surface area contributed by atoms with Crippen LogP contribution >= 0.6 is 0 Å². The van der Waals surface area contributed by atoms with Crippen LogP contribution in [0.15, 0.2) is 41.1 Å². The topological polar surface area (TPSA) is 105 Å². The average molecular weight is 361 g/mol. The van der Waals surface area contributed by atoms with Crippen LogP contribution in [0.4, 0.5) is 17.5 Å². The molecule has 1 saturated carbocycles. The third-order valence-corrected chi connectivity index (χ3v) is 4.78. The number of hydrogen-bond acceptors (Lipinski definition) is 7. The van der Waals surface area contributed by atoms with Gasteiger partial charge in [0.1, 0.15) is 11.5 Å². The van der Waals surface area contributed by atoms with Crippen molar-refractivity contribution in [1.29, 1.82) is 0 Å². The summed E-state index contributed by atoms with van der Waals surface area (Å²) in [5.41, 5.74) is 2.57. The van der Waals surface area contributed by atoms with Crippen LogP contribution in [0.5, 0.6) is 0 Å². The quantitative estimate of drug-likeness (QED) is 0.493. The minimum absolute atomic E-state index is 0.503. The summed E-state index contributed by atoms with van der Waals surface area (Å²) in [5, 5.41) is 11.6. The Morgan fingerprint density at radius 1 is 1.07 bits per heavy atom. The number of aryl methyl sites for hydroxylation is 1. The Labute approximate surface area is 155 Å². The molecule has 136 valence electrons. The van der Waals surface area contributed by atoms with Crippen molar-refractivity contribution in [2.45, 2.75) is 32.2 Å². The van der Waals surface area contributed by atoms with E-state index in [2.05, 4.69) is 35.7 Å². The number of benzene rings is 1. The van der Waals surface area contributed by atoms with Crippen molar-refractivity contribution in [3.63, 3.8) is 0 Å². The van der Waals surface area contributed by atoms with Crippen molar-refractivity contribution in [2.75, 3.05) is 10.6 Å².